The molecule has 2 aromatic carbocycles. The Balaban J connectivity index is 1.72. The zero-order valence-corrected chi connectivity index (χ0v) is 16.9. The number of rotatable bonds is 5. The summed E-state index contributed by atoms with van der Waals surface area (Å²) in [5.41, 5.74) is -2.67. The van der Waals surface area contributed by atoms with E-state index in [1.807, 2.05) is 5.32 Å². The molecule has 3 atom stereocenters. The summed E-state index contributed by atoms with van der Waals surface area (Å²) in [7, 11) is 0. The number of nitrogens with zero attached hydrogens (tertiary/aromatic N) is 1. The van der Waals surface area contributed by atoms with Gasteiger partial charge in [-0.15, -0.1) is 0 Å². The predicted octanol–water partition coefficient (Wildman–Crippen LogP) is 2.51. The highest BCUT2D eigenvalue weighted by atomic mass is 35.5. The molecule has 1 fully saturated rings. The Kier molecular flexibility index (Phi) is 4.02. The molecule has 0 radical (unpaired) electrons. The van der Waals surface area contributed by atoms with Crippen LogP contribution in [0.25, 0.3) is 0 Å². The zero-order valence-electron chi connectivity index (χ0n) is 22.1. The van der Waals surface area contributed by atoms with E-state index in [1.54, 1.807) is 0 Å². The fourth-order valence-corrected chi connectivity index (χ4v) is 3.38. The molecule has 2 aliphatic rings. The van der Waals surface area contributed by atoms with Gasteiger partial charge in [0, 0.05) is 35.6 Å². The molecule has 2 heterocycles. The summed E-state index contributed by atoms with van der Waals surface area (Å²) in [5.74, 6) is -8.91. The second kappa shape index (κ2) is 8.31. The maximum Gasteiger partial charge on any atom is 0.349 e. The maximum atomic E-state index is 14.8. The van der Waals surface area contributed by atoms with Crippen molar-refractivity contribution in [2.24, 2.45) is 0 Å². The summed E-state index contributed by atoms with van der Waals surface area (Å²) < 4.78 is 79.3. The Morgan fingerprint density at radius 3 is 2.75 bits per heavy atom. The number of carbonyl (C=O) groups excluding carboxylic acids is 4. The van der Waals surface area contributed by atoms with Crippen molar-refractivity contribution in [3.8, 4) is 0 Å². The lowest BCUT2D eigenvalue weighted by molar-refractivity contribution is -0.147. The molecule has 0 aliphatic carbocycles. The van der Waals surface area contributed by atoms with E-state index in [-0.39, 0.29) is 17.9 Å². The van der Waals surface area contributed by atoms with Gasteiger partial charge in [-0.2, -0.15) is 8.78 Å². The molecule has 4 rings (SSSR count). The van der Waals surface area contributed by atoms with Gasteiger partial charge in [-0.3, -0.25) is 24.5 Å². The van der Waals surface area contributed by atoms with Crippen molar-refractivity contribution in [3.05, 3.63) is 69.7 Å². The Bertz CT molecular complexity index is 1380. The van der Waals surface area contributed by atoms with Crippen molar-refractivity contribution >= 4 is 35.2 Å². The van der Waals surface area contributed by atoms with Gasteiger partial charge < -0.3 is 10.2 Å². The van der Waals surface area contributed by atoms with Crippen molar-refractivity contribution in [3.63, 3.8) is 0 Å². The Labute approximate surface area is 195 Å². The highest BCUT2D eigenvalue weighted by molar-refractivity contribution is 6.30. The van der Waals surface area contributed by atoms with Crippen LogP contribution in [0.2, 0.25) is 6.43 Å². The van der Waals surface area contributed by atoms with Crippen molar-refractivity contribution in [2.75, 3.05) is 0 Å². The van der Waals surface area contributed by atoms with Gasteiger partial charge in [0.05, 0.1) is 6.85 Å². The Hall–Kier alpha value is -3.33. The van der Waals surface area contributed by atoms with Crippen molar-refractivity contribution < 1.29 is 36.2 Å². The second-order valence-corrected chi connectivity index (χ2v) is 7.47. The maximum absolute atomic E-state index is 14.8. The molecule has 32 heavy (non-hydrogen) atoms. The minimum Gasteiger partial charge on any atom is -0.346 e. The van der Waals surface area contributed by atoms with Crippen LogP contribution >= 0.6 is 11.6 Å². The first-order valence-corrected chi connectivity index (χ1v) is 9.68. The number of amides is 4. The van der Waals surface area contributed by atoms with E-state index in [2.05, 4.69) is 0 Å². The van der Waals surface area contributed by atoms with Crippen LogP contribution < -0.4 is 10.6 Å². The van der Waals surface area contributed by atoms with E-state index >= 15 is 0 Å². The van der Waals surface area contributed by atoms with Crippen molar-refractivity contribution in [2.45, 2.75) is 37.8 Å². The van der Waals surface area contributed by atoms with Crippen LogP contribution in [0.15, 0.2) is 42.4 Å². The molecule has 10 heteroatoms. The molecule has 4 amide bonds. The van der Waals surface area contributed by atoms with E-state index in [4.69, 9.17) is 19.9 Å². The van der Waals surface area contributed by atoms with Gasteiger partial charge in [0.25, 0.3) is 11.8 Å². The van der Waals surface area contributed by atoms with E-state index in [0.29, 0.717) is 0 Å². The van der Waals surface area contributed by atoms with Crippen molar-refractivity contribution in [1.29, 1.82) is 0 Å². The van der Waals surface area contributed by atoms with Crippen LogP contribution in [0.5, 0.6) is 0 Å². The first-order valence-electron chi connectivity index (χ1n) is 12.4. The van der Waals surface area contributed by atoms with Crippen LogP contribution in [0.4, 0.5) is 8.78 Å². The molecule has 0 aromatic heterocycles. The number of carbonyl (C=O) groups is 4. The molecule has 3 unspecified atom stereocenters. The minimum absolute atomic E-state index is 0.114. The average molecular weight is 468 g/mol. The molecule has 1 saturated heterocycles. The second-order valence-electron chi connectivity index (χ2n) is 7.03. The minimum atomic E-state index is -4.28. The van der Waals surface area contributed by atoms with Gasteiger partial charge >= 0.3 is 5.92 Å². The number of fused-ring (bicyclic) bond motifs is 1. The van der Waals surface area contributed by atoms with Crippen LogP contribution in [0.3, 0.4) is 0 Å². The molecule has 7 nitrogen and oxygen atoms in total. The number of hydrogen-bond acceptors (Lipinski definition) is 4. The summed E-state index contributed by atoms with van der Waals surface area (Å²) in [6.07, 6.45) is -0.261. The van der Waals surface area contributed by atoms with E-state index in [1.165, 1.54) is 0 Å². The first-order chi connectivity index (χ1) is 17.7. The van der Waals surface area contributed by atoms with Crippen LogP contribution in [0.1, 0.15) is 46.7 Å². The summed E-state index contributed by atoms with van der Waals surface area (Å²) in [6, 6.07) is -0.0205. The van der Waals surface area contributed by atoms with Gasteiger partial charge in [0.1, 0.15) is 6.04 Å². The third kappa shape index (κ3) is 4.08. The summed E-state index contributed by atoms with van der Waals surface area (Å²) >= 11 is 5.68. The van der Waals surface area contributed by atoms with Crippen LogP contribution in [0, 0.1) is 0 Å². The highest BCUT2D eigenvalue weighted by Gasteiger charge is 2.41. The van der Waals surface area contributed by atoms with Gasteiger partial charge in [-0.25, -0.2) is 0 Å². The average Bonchev–Trinajstić information content (AvgIpc) is 3.12. The number of benzene rings is 2. The number of alkyl halides is 2. The highest BCUT2D eigenvalue weighted by Crippen LogP contribution is 2.30. The molecule has 0 spiro atoms. The van der Waals surface area contributed by atoms with E-state index in [0.717, 1.165) is 29.2 Å². The number of halogens is 3. The fourth-order valence-electron chi connectivity index (χ4n) is 3.26. The number of hydrogen-bond donors (Lipinski definition) is 2. The molecule has 2 aliphatic heterocycles. The van der Waals surface area contributed by atoms with Gasteiger partial charge in [-0.05, 0) is 35.7 Å². The monoisotopic (exact) mass is 467 g/mol. The number of nitrogens with one attached hydrogen (secondary N) is 2. The molecule has 2 aromatic rings. The van der Waals surface area contributed by atoms with Crippen LogP contribution in [-0.2, 0) is 33.3 Å². The van der Waals surface area contributed by atoms with E-state index in [9.17, 15) is 28.0 Å². The lowest BCUT2D eigenvalue weighted by Gasteiger charge is -2.29. The zero-order chi connectivity index (χ0) is 28.3. The van der Waals surface area contributed by atoms with Gasteiger partial charge in [0.15, 0.2) is 1.41 Å². The predicted molar refractivity (Wildman–Crippen MR) is 110 cm³/mol. The third-order valence-electron chi connectivity index (χ3n) is 4.91. The number of imide groups is 1. The lowest BCUT2D eigenvalue weighted by Crippen LogP contribution is -2.52. The lowest BCUT2D eigenvalue weighted by atomic mass is 10.0. The van der Waals surface area contributed by atoms with Gasteiger partial charge in [0.2, 0.25) is 11.8 Å². The quantitative estimate of drug-likeness (QED) is 0.660. The first kappa shape index (κ1) is 15.5. The molecular weight excluding hydrogens is 444 g/mol. The molecule has 0 bridgehead atoms. The summed E-state index contributed by atoms with van der Waals surface area (Å²) in [5, 5.41) is 1.71. The Morgan fingerprint density at radius 2 is 2.06 bits per heavy atom. The van der Waals surface area contributed by atoms with E-state index < -0.39 is 94.3 Å². The molecular formula is C22H18ClF2N3O4. The molecule has 0 saturated carbocycles. The number of piperidine rings is 1. The van der Waals surface area contributed by atoms with Crippen LogP contribution in [-0.4, -0.2) is 34.6 Å². The van der Waals surface area contributed by atoms with Crippen molar-refractivity contribution in [1.82, 2.24) is 15.5 Å². The standard InChI is InChI=1S/C22H18ClF2N3O4/c23-15-4-2-14(3-5-15)22(24,25)21(32)26-10-12-1-6-16-13(9-12)11-28(20(16)31)17-7-8-18(29)27-19(17)30/h1-6,9,17H,7-8,10-11H2,(H,26,32)(H,27,29,30)/i1D,6D,9D,10D,11D/hD. The fraction of sp³-hybridized carbons (Fsp3) is 0.273. The normalized spacial score (nSPS) is 24.3. The molecule has 2 N–H and O–H groups in total. The Morgan fingerprint density at radius 1 is 1.34 bits per heavy atom. The topological polar surface area (TPSA) is 95.6 Å². The third-order valence-corrected chi connectivity index (χ3v) is 5.16. The smallest absolute Gasteiger partial charge is 0.346 e. The summed E-state index contributed by atoms with van der Waals surface area (Å²) in [6.45, 7) is -4.17. The summed E-state index contributed by atoms with van der Waals surface area (Å²) in [4.78, 5) is 50.2. The largest absolute Gasteiger partial charge is 0.349 e. The van der Waals surface area contributed by atoms with Gasteiger partial charge in [-0.1, -0.05) is 35.8 Å². The molecule has 166 valence electrons. The SMILES string of the molecule is [2H]c1c([2H])c(C([2H])N([2H])C(=O)C(F)(F)c2ccc(Cl)cc2)c([2H])c2c1C(=O)N(C1CCC(=O)NC1=O)C2[2H].